The summed E-state index contributed by atoms with van der Waals surface area (Å²) in [6.45, 7) is 7.62. The van der Waals surface area contributed by atoms with Gasteiger partial charge in [-0.15, -0.1) is 11.3 Å². The maximum Gasteiger partial charge on any atom is 0.241 e. The standard InChI is InChI=1S/C26H27N5O2S/c1-18-5-3-4-6-22(18)26-28-24(33-29-26)16-30-11-13-31(14-12-30)25(32)15-20-7-9-21(10-8-20)23-17-34-19(2)27-23/h3-10,17H,11-16H2,1-2H3. The number of carbonyl (C=O) groups excluding carboxylic acids is 1. The van der Waals surface area contributed by atoms with Crippen molar-refractivity contribution >= 4 is 17.2 Å². The van der Waals surface area contributed by atoms with Gasteiger partial charge in [0.1, 0.15) is 0 Å². The average Bonchev–Trinajstić information content (AvgIpc) is 3.49. The lowest BCUT2D eigenvalue weighted by Gasteiger charge is -2.34. The van der Waals surface area contributed by atoms with Crippen LogP contribution in [0, 0.1) is 13.8 Å². The van der Waals surface area contributed by atoms with Crippen molar-refractivity contribution in [2.75, 3.05) is 26.2 Å². The minimum absolute atomic E-state index is 0.163. The van der Waals surface area contributed by atoms with Gasteiger partial charge in [-0.2, -0.15) is 4.98 Å². The summed E-state index contributed by atoms with van der Waals surface area (Å²) in [5.41, 5.74) is 5.21. The fourth-order valence-corrected chi connectivity index (χ4v) is 4.80. The number of nitrogens with zero attached hydrogens (tertiary/aromatic N) is 5. The van der Waals surface area contributed by atoms with Crippen molar-refractivity contribution in [2.24, 2.45) is 0 Å². The van der Waals surface area contributed by atoms with Crippen molar-refractivity contribution in [3.05, 3.63) is 75.9 Å². The van der Waals surface area contributed by atoms with Crippen LogP contribution in [0.1, 0.15) is 22.0 Å². The average molecular weight is 474 g/mol. The van der Waals surface area contributed by atoms with Crippen LogP contribution in [0.15, 0.2) is 58.4 Å². The Hall–Kier alpha value is -3.36. The number of aryl methyl sites for hydroxylation is 2. The van der Waals surface area contributed by atoms with Gasteiger partial charge in [0.25, 0.3) is 0 Å². The molecule has 0 aliphatic carbocycles. The molecule has 1 aliphatic rings. The van der Waals surface area contributed by atoms with Crippen LogP contribution in [-0.2, 0) is 17.8 Å². The zero-order valence-electron chi connectivity index (χ0n) is 19.4. The third-order valence-electron chi connectivity index (χ3n) is 6.16. The first kappa shape index (κ1) is 22.4. The first-order chi connectivity index (χ1) is 16.5. The van der Waals surface area contributed by atoms with E-state index in [0.29, 0.717) is 37.8 Å². The number of carbonyl (C=O) groups is 1. The molecule has 7 nitrogen and oxygen atoms in total. The molecule has 4 aromatic rings. The zero-order valence-corrected chi connectivity index (χ0v) is 20.2. The molecular weight excluding hydrogens is 446 g/mol. The summed E-state index contributed by atoms with van der Waals surface area (Å²) < 4.78 is 5.49. The monoisotopic (exact) mass is 473 g/mol. The van der Waals surface area contributed by atoms with E-state index in [-0.39, 0.29) is 5.91 Å². The fourth-order valence-electron chi connectivity index (χ4n) is 4.17. The van der Waals surface area contributed by atoms with Gasteiger partial charge in [0, 0.05) is 42.7 Å². The van der Waals surface area contributed by atoms with Crippen molar-refractivity contribution in [3.63, 3.8) is 0 Å². The predicted octanol–water partition coefficient (Wildman–Crippen LogP) is 4.36. The van der Waals surface area contributed by atoms with Gasteiger partial charge in [0.15, 0.2) is 0 Å². The number of hydrogen-bond acceptors (Lipinski definition) is 7. The quantitative estimate of drug-likeness (QED) is 0.414. The van der Waals surface area contributed by atoms with Crippen LogP contribution >= 0.6 is 11.3 Å². The number of rotatable bonds is 6. The van der Waals surface area contributed by atoms with Crippen LogP contribution in [0.2, 0.25) is 0 Å². The Labute approximate surface area is 203 Å². The van der Waals surface area contributed by atoms with Crippen LogP contribution in [-0.4, -0.2) is 57.0 Å². The topological polar surface area (TPSA) is 75.4 Å². The predicted molar refractivity (Wildman–Crippen MR) is 132 cm³/mol. The third-order valence-corrected chi connectivity index (χ3v) is 6.94. The number of thiazole rings is 1. The number of hydrogen-bond donors (Lipinski definition) is 0. The van der Waals surface area contributed by atoms with Crippen LogP contribution in [0.4, 0.5) is 0 Å². The minimum atomic E-state index is 0.163. The van der Waals surface area contributed by atoms with Crippen molar-refractivity contribution in [2.45, 2.75) is 26.8 Å². The van der Waals surface area contributed by atoms with E-state index in [1.807, 2.05) is 67.3 Å². The Morgan fingerprint density at radius 2 is 1.76 bits per heavy atom. The van der Waals surface area contributed by atoms with E-state index in [2.05, 4.69) is 25.4 Å². The second-order valence-electron chi connectivity index (χ2n) is 8.61. The molecule has 0 bridgehead atoms. The normalized spacial score (nSPS) is 14.5. The molecule has 8 heteroatoms. The van der Waals surface area contributed by atoms with Crippen LogP contribution in [0.25, 0.3) is 22.6 Å². The molecule has 0 radical (unpaired) electrons. The maximum atomic E-state index is 12.8. The zero-order chi connectivity index (χ0) is 23.5. The van der Waals surface area contributed by atoms with Gasteiger partial charge < -0.3 is 9.42 Å². The van der Waals surface area contributed by atoms with E-state index in [4.69, 9.17) is 4.52 Å². The van der Waals surface area contributed by atoms with E-state index in [0.717, 1.165) is 46.0 Å². The molecule has 1 aliphatic heterocycles. The minimum Gasteiger partial charge on any atom is -0.340 e. The molecule has 0 saturated carbocycles. The molecule has 3 heterocycles. The molecular formula is C26H27N5O2S. The highest BCUT2D eigenvalue weighted by Gasteiger charge is 2.23. The Morgan fingerprint density at radius 3 is 2.47 bits per heavy atom. The molecule has 1 saturated heterocycles. The van der Waals surface area contributed by atoms with E-state index in [1.165, 1.54) is 0 Å². The van der Waals surface area contributed by atoms with Crippen LogP contribution < -0.4 is 0 Å². The molecule has 5 rings (SSSR count). The molecule has 0 unspecified atom stereocenters. The molecule has 34 heavy (non-hydrogen) atoms. The Balaban J connectivity index is 1.12. The Bertz CT molecular complexity index is 1270. The smallest absolute Gasteiger partial charge is 0.241 e. The largest absolute Gasteiger partial charge is 0.340 e. The summed E-state index contributed by atoms with van der Waals surface area (Å²) in [7, 11) is 0. The second kappa shape index (κ2) is 9.87. The molecule has 0 N–H and O–H groups in total. The Kier molecular flexibility index (Phi) is 6.51. The third kappa shape index (κ3) is 5.08. The van der Waals surface area contributed by atoms with Gasteiger partial charge in [-0.25, -0.2) is 4.98 Å². The molecule has 1 fully saturated rings. The number of piperazine rings is 1. The Morgan fingerprint density at radius 1 is 1.00 bits per heavy atom. The van der Waals surface area contributed by atoms with Crippen LogP contribution in [0.3, 0.4) is 0 Å². The van der Waals surface area contributed by atoms with Gasteiger partial charge in [-0.1, -0.05) is 53.7 Å². The summed E-state index contributed by atoms with van der Waals surface area (Å²) in [5, 5.41) is 7.27. The van der Waals surface area contributed by atoms with E-state index in [9.17, 15) is 4.79 Å². The summed E-state index contributed by atoms with van der Waals surface area (Å²) >= 11 is 1.64. The molecule has 174 valence electrons. The maximum absolute atomic E-state index is 12.8. The number of amides is 1. The van der Waals surface area contributed by atoms with Gasteiger partial charge in [0.05, 0.1) is 23.7 Å². The summed E-state index contributed by atoms with van der Waals surface area (Å²) in [6.07, 6.45) is 0.416. The fraction of sp³-hybridized carbons (Fsp3) is 0.308. The van der Waals surface area contributed by atoms with Crippen molar-refractivity contribution < 1.29 is 9.32 Å². The van der Waals surface area contributed by atoms with Crippen LogP contribution in [0.5, 0.6) is 0 Å². The molecule has 1 amide bonds. The highest BCUT2D eigenvalue weighted by Crippen LogP contribution is 2.23. The van der Waals surface area contributed by atoms with Gasteiger partial charge in [-0.05, 0) is 25.0 Å². The van der Waals surface area contributed by atoms with E-state index < -0.39 is 0 Å². The highest BCUT2D eigenvalue weighted by atomic mass is 32.1. The van der Waals surface area contributed by atoms with Gasteiger partial charge in [-0.3, -0.25) is 9.69 Å². The SMILES string of the molecule is Cc1nc(-c2ccc(CC(=O)N3CCN(Cc4nc(-c5ccccc5C)no4)CC3)cc2)cs1. The lowest BCUT2D eigenvalue weighted by Crippen LogP contribution is -2.48. The van der Waals surface area contributed by atoms with Crippen molar-refractivity contribution in [1.82, 2.24) is 24.9 Å². The van der Waals surface area contributed by atoms with Gasteiger partial charge >= 0.3 is 0 Å². The first-order valence-electron chi connectivity index (χ1n) is 11.5. The second-order valence-corrected chi connectivity index (χ2v) is 9.67. The summed E-state index contributed by atoms with van der Waals surface area (Å²) in [5.74, 6) is 1.39. The van der Waals surface area contributed by atoms with Gasteiger partial charge in [0.2, 0.25) is 17.6 Å². The first-order valence-corrected chi connectivity index (χ1v) is 12.3. The number of aromatic nitrogens is 3. The van der Waals surface area contributed by atoms with E-state index in [1.54, 1.807) is 11.3 Å². The highest BCUT2D eigenvalue weighted by molar-refractivity contribution is 7.09. The summed E-state index contributed by atoms with van der Waals surface area (Å²) in [6, 6.07) is 16.2. The van der Waals surface area contributed by atoms with E-state index >= 15 is 0 Å². The lowest BCUT2D eigenvalue weighted by molar-refractivity contribution is -0.132. The summed E-state index contributed by atoms with van der Waals surface area (Å²) in [4.78, 5) is 26.1. The molecule has 0 spiro atoms. The molecule has 2 aromatic heterocycles. The number of benzene rings is 2. The van der Waals surface area contributed by atoms with Crippen molar-refractivity contribution in [3.8, 4) is 22.6 Å². The molecule has 0 atom stereocenters. The van der Waals surface area contributed by atoms with Crippen molar-refractivity contribution in [1.29, 1.82) is 0 Å². The lowest BCUT2D eigenvalue weighted by atomic mass is 10.1. The molecule has 2 aromatic carbocycles.